The van der Waals surface area contributed by atoms with E-state index in [1.54, 1.807) is 49.6 Å². The van der Waals surface area contributed by atoms with Crippen molar-refractivity contribution < 1.29 is 18.8 Å². The number of nitrogens with one attached hydrogen (secondary N) is 1. The zero-order chi connectivity index (χ0) is 27.8. The van der Waals surface area contributed by atoms with Gasteiger partial charge in [-0.3, -0.25) is 19.1 Å². The molecule has 0 spiro atoms. The fourth-order valence-electron chi connectivity index (χ4n) is 4.63. The Morgan fingerprint density at radius 2 is 1.90 bits per heavy atom. The van der Waals surface area contributed by atoms with Crippen LogP contribution in [0.2, 0.25) is 5.02 Å². The van der Waals surface area contributed by atoms with Gasteiger partial charge in [0.1, 0.15) is 30.3 Å². The molecule has 0 bridgehead atoms. The number of aryl methyl sites for hydroxylation is 1. The summed E-state index contributed by atoms with van der Waals surface area (Å²) in [5.74, 6) is -0.661. The molecule has 39 heavy (non-hydrogen) atoms. The summed E-state index contributed by atoms with van der Waals surface area (Å²) in [6.07, 6.45) is 1.89. The minimum absolute atomic E-state index is 0.135. The smallest absolute Gasteiger partial charge is 0.247 e. The van der Waals surface area contributed by atoms with E-state index in [0.717, 1.165) is 11.1 Å². The standard InChI is InChI=1S/C27H23BrClFN6O3/c1-14(37)26-19-8-16(17-10-31-15(2)32-11-17)6-7-22(19)36(34-26)13-24(38)35-12-18(30)9-23(35)27(39)33-21-5-3-4-20(28)25(21)29/h3-8,10-11,18,23H,9,12-13H2,1-2H3,(H,33,39)/t18-,23+/m1/s1. The number of anilines is 1. The maximum absolute atomic E-state index is 14.5. The lowest BCUT2D eigenvalue weighted by Crippen LogP contribution is -2.44. The van der Waals surface area contributed by atoms with Gasteiger partial charge in [-0.1, -0.05) is 23.7 Å². The Labute approximate surface area is 236 Å². The number of ketones is 1. The van der Waals surface area contributed by atoms with Crippen LogP contribution in [0.4, 0.5) is 10.1 Å². The molecule has 9 nitrogen and oxygen atoms in total. The van der Waals surface area contributed by atoms with E-state index in [2.05, 4.69) is 36.3 Å². The molecule has 1 aliphatic rings. The summed E-state index contributed by atoms with van der Waals surface area (Å²) in [6, 6.07) is 9.42. The number of amides is 2. The van der Waals surface area contributed by atoms with Gasteiger partial charge in [0.25, 0.3) is 0 Å². The highest BCUT2D eigenvalue weighted by atomic mass is 79.9. The highest BCUT2D eigenvalue weighted by molar-refractivity contribution is 9.10. The van der Waals surface area contributed by atoms with Crippen LogP contribution in [0, 0.1) is 6.92 Å². The van der Waals surface area contributed by atoms with Crippen molar-refractivity contribution in [3.63, 3.8) is 0 Å². The van der Waals surface area contributed by atoms with Gasteiger partial charge in [0.15, 0.2) is 5.78 Å². The number of aromatic nitrogens is 4. The molecule has 200 valence electrons. The number of benzene rings is 2. The lowest BCUT2D eigenvalue weighted by molar-refractivity contribution is -0.137. The zero-order valence-corrected chi connectivity index (χ0v) is 23.3. The Kier molecular flexibility index (Phi) is 7.46. The van der Waals surface area contributed by atoms with Crippen LogP contribution < -0.4 is 5.32 Å². The van der Waals surface area contributed by atoms with Gasteiger partial charge in [0, 0.05) is 41.2 Å². The Morgan fingerprint density at radius 3 is 2.62 bits per heavy atom. The van der Waals surface area contributed by atoms with Crippen LogP contribution in [-0.4, -0.2) is 61.0 Å². The molecule has 0 saturated carbocycles. The van der Waals surface area contributed by atoms with Gasteiger partial charge in [-0.25, -0.2) is 14.4 Å². The van der Waals surface area contributed by atoms with Gasteiger partial charge in [-0.05, 0) is 52.7 Å². The van der Waals surface area contributed by atoms with E-state index in [4.69, 9.17) is 11.6 Å². The number of alkyl halides is 1. The summed E-state index contributed by atoms with van der Waals surface area (Å²) in [6.45, 7) is 2.69. The number of likely N-dealkylation sites (tertiary alicyclic amines) is 1. The van der Waals surface area contributed by atoms with Crippen molar-refractivity contribution in [1.82, 2.24) is 24.6 Å². The van der Waals surface area contributed by atoms with E-state index in [1.807, 2.05) is 6.07 Å². The molecule has 1 fully saturated rings. The SMILES string of the molecule is CC(=O)c1nn(CC(=O)N2C[C@H](F)C[C@H]2C(=O)Nc2cccc(Br)c2Cl)c2ccc(-c3cnc(C)nc3)cc12. The van der Waals surface area contributed by atoms with Crippen molar-refractivity contribution in [2.75, 3.05) is 11.9 Å². The lowest BCUT2D eigenvalue weighted by Gasteiger charge is -2.24. The number of hydrogen-bond donors (Lipinski definition) is 1. The highest BCUT2D eigenvalue weighted by Gasteiger charge is 2.40. The molecule has 5 rings (SSSR count). The minimum Gasteiger partial charge on any atom is -0.326 e. The van der Waals surface area contributed by atoms with Crippen LogP contribution in [0.3, 0.4) is 0 Å². The first-order chi connectivity index (χ1) is 18.6. The molecule has 2 aromatic heterocycles. The number of carbonyl (C=O) groups excluding carboxylic acids is 3. The molecular formula is C27H23BrClFN6O3. The zero-order valence-electron chi connectivity index (χ0n) is 21.0. The van der Waals surface area contributed by atoms with Crippen molar-refractivity contribution in [3.8, 4) is 11.1 Å². The van der Waals surface area contributed by atoms with E-state index < -0.39 is 24.0 Å². The van der Waals surface area contributed by atoms with Crippen LogP contribution in [0.1, 0.15) is 29.7 Å². The predicted octanol–water partition coefficient (Wildman–Crippen LogP) is 5.00. The van der Waals surface area contributed by atoms with Crippen molar-refractivity contribution in [3.05, 3.63) is 69.8 Å². The fraction of sp³-hybridized carbons (Fsp3) is 0.259. The summed E-state index contributed by atoms with van der Waals surface area (Å²) in [7, 11) is 0. The van der Waals surface area contributed by atoms with Crippen molar-refractivity contribution in [2.45, 2.75) is 39.0 Å². The molecule has 1 aliphatic heterocycles. The molecule has 4 aromatic rings. The summed E-state index contributed by atoms with van der Waals surface area (Å²) in [5.41, 5.74) is 2.67. The van der Waals surface area contributed by atoms with E-state index in [0.29, 0.717) is 31.9 Å². The molecule has 0 radical (unpaired) electrons. The molecule has 0 unspecified atom stereocenters. The Morgan fingerprint density at radius 1 is 1.15 bits per heavy atom. The first-order valence-corrected chi connectivity index (χ1v) is 13.3. The van der Waals surface area contributed by atoms with Gasteiger partial charge in [-0.2, -0.15) is 5.10 Å². The molecule has 1 saturated heterocycles. The van der Waals surface area contributed by atoms with Gasteiger partial charge in [0.2, 0.25) is 11.8 Å². The van der Waals surface area contributed by atoms with Crippen LogP contribution in [0.5, 0.6) is 0 Å². The number of halogens is 3. The molecule has 2 aromatic carbocycles. The number of nitrogens with zero attached hydrogens (tertiary/aromatic N) is 5. The van der Waals surface area contributed by atoms with Crippen LogP contribution in [-0.2, 0) is 16.1 Å². The number of rotatable bonds is 6. The fourth-order valence-corrected chi connectivity index (χ4v) is 5.16. The maximum atomic E-state index is 14.5. The van der Waals surface area contributed by atoms with Crippen LogP contribution in [0.15, 0.2) is 53.3 Å². The first kappa shape index (κ1) is 26.9. The Hall–Kier alpha value is -3.70. The van der Waals surface area contributed by atoms with E-state index in [-0.39, 0.29) is 31.0 Å². The number of hydrogen-bond acceptors (Lipinski definition) is 6. The number of fused-ring (bicyclic) bond motifs is 1. The molecular weight excluding hydrogens is 591 g/mol. The quantitative estimate of drug-likeness (QED) is 0.307. The number of Topliss-reactive ketones (excluding diaryl/α,β-unsaturated/α-hetero) is 1. The largest absolute Gasteiger partial charge is 0.326 e. The second-order valence-electron chi connectivity index (χ2n) is 9.30. The third kappa shape index (κ3) is 5.41. The summed E-state index contributed by atoms with van der Waals surface area (Å²) < 4.78 is 16.5. The third-order valence-electron chi connectivity index (χ3n) is 6.57. The average Bonchev–Trinajstić information content (AvgIpc) is 3.48. The second kappa shape index (κ2) is 10.8. The second-order valence-corrected chi connectivity index (χ2v) is 10.5. The Balaban J connectivity index is 1.41. The molecule has 0 aliphatic carbocycles. The summed E-state index contributed by atoms with van der Waals surface area (Å²) >= 11 is 9.56. The van der Waals surface area contributed by atoms with Crippen molar-refractivity contribution >= 4 is 61.7 Å². The van der Waals surface area contributed by atoms with E-state index in [1.165, 1.54) is 16.5 Å². The molecule has 12 heteroatoms. The monoisotopic (exact) mass is 612 g/mol. The molecule has 1 N–H and O–H groups in total. The van der Waals surface area contributed by atoms with Gasteiger partial charge < -0.3 is 10.2 Å². The third-order valence-corrected chi connectivity index (χ3v) is 7.86. The minimum atomic E-state index is -1.36. The van der Waals surface area contributed by atoms with Crippen molar-refractivity contribution in [1.29, 1.82) is 0 Å². The molecule has 2 atom stereocenters. The normalized spacial score (nSPS) is 17.0. The lowest BCUT2D eigenvalue weighted by atomic mass is 10.0. The summed E-state index contributed by atoms with van der Waals surface area (Å²) in [4.78, 5) is 48.5. The molecule has 3 heterocycles. The predicted molar refractivity (Wildman–Crippen MR) is 148 cm³/mol. The number of carbonyl (C=O) groups is 3. The van der Waals surface area contributed by atoms with Crippen molar-refractivity contribution in [2.24, 2.45) is 0 Å². The van der Waals surface area contributed by atoms with Crippen LogP contribution in [0.25, 0.3) is 22.0 Å². The molecule has 2 amide bonds. The maximum Gasteiger partial charge on any atom is 0.247 e. The summed E-state index contributed by atoms with van der Waals surface area (Å²) in [5, 5.41) is 7.96. The van der Waals surface area contributed by atoms with Gasteiger partial charge in [0.05, 0.1) is 22.8 Å². The first-order valence-electron chi connectivity index (χ1n) is 12.1. The van der Waals surface area contributed by atoms with E-state index in [9.17, 15) is 18.8 Å². The highest BCUT2D eigenvalue weighted by Crippen LogP contribution is 2.31. The average molecular weight is 614 g/mol. The topological polar surface area (TPSA) is 110 Å². The Bertz CT molecular complexity index is 1610. The van der Waals surface area contributed by atoms with Gasteiger partial charge >= 0.3 is 0 Å². The van der Waals surface area contributed by atoms with Crippen LogP contribution >= 0.6 is 27.5 Å². The van der Waals surface area contributed by atoms with Gasteiger partial charge in [-0.15, -0.1) is 0 Å². The van der Waals surface area contributed by atoms with E-state index >= 15 is 0 Å².